The summed E-state index contributed by atoms with van der Waals surface area (Å²) in [4.78, 5) is 36.3. The second-order valence-electron chi connectivity index (χ2n) is 7.00. The second-order valence-corrected chi connectivity index (χ2v) is 7.00. The van der Waals surface area contributed by atoms with Gasteiger partial charge in [-0.1, -0.05) is 13.0 Å². The fraction of sp³-hybridized carbons (Fsp3) is 0.333. The summed E-state index contributed by atoms with van der Waals surface area (Å²) in [6.07, 6.45) is 0.706. The van der Waals surface area contributed by atoms with Gasteiger partial charge in [-0.25, -0.2) is 0 Å². The summed E-state index contributed by atoms with van der Waals surface area (Å²) in [5.74, 6) is 0.121. The minimum absolute atomic E-state index is 0.109. The number of benzene rings is 2. The number of carbonyl (C=O) groups is 2. The Morgan fingerprint density at radius 2 is 1.87 bits per heavy atom. The molecule has 2 aromatic carbocycles. The second kappa shape index (κ2) is 8.81. The van der Waals surface area contributed by atoms with Crippen molar-refractivity contribution in [3.63, 3.8) is 0 Å². The first-order chi connectivity index (χ1) is 14.3. The van der Waals surface area contributed by atoms with Crippen LogP contribution < -0.4 is 19.7 Å². The molecule has 158 valence electrons. The summed E-state index contributed by atoms with van der Waals surface area (Å²) in [6.45, 7) is 2.10. The van der Waals surface area contributed by atoms with E-state index in [4.69, 9.17) is 9.47 Å². The Labute approximate surface area is 173 Å². The van der Waals surface area contributed by atoms with Crippen molar-refractivity contribution in [2.24, 2.45) is 5.92 Å². The average Bonchev–Trinajstić information content (AvgIpc) is 2.99. The maximum atomic E-state index is 12.2. The molecule has 2 aromatic rings. The summed E-state index contributed by atoms with van der Waals surface area (Å²) >= 11 is 0. The highest BCUT2D eigenvalue weighted by atomic mass is 16.6. The van der Waals surface area contributed by atoms with Crippen molar-refractivity contribution in [1.29, 1.82) is 0 Å². The molecule has 1 saturated heterocycles. The van der Waals surface area contributed by atoms with E-state index in [-0.39, 0.29) is 29.6 Å². The molecule has 0 unspecified atom stereocenters. The number of methoxy groups -OCH3 is 2. The highest BCUT2D eigenvalue weighted by Gasteiger charge is 2.37. The highest BCUT2D eigenvalue weighted by molar-refractivity contribution is 6.21. The quantitative estimate of drug-likeness (QED) is 0.402. The van der Waals surface area contributed by atoms with Crippen molar-refractivity contribution in [2.75, 3.05) is 31.0 Å². The van der Waals surface area contributed by atoms with E-state index >= 15 is 0 Å². The van der Waals surface area contributed by atoms with Crippen LogP contribution in [-0.2, 0) is 16.0 Å². The number of rotatable bonds is 8. The maximum absolute atomic E-state index is 12.2. The Bertz CT molecular complexity index is 991. The topological polar surface area (TPSA) is 111 Å². The largest absolute Gasteiger partial charge is 0.493 e. The molecule has 9 heteroatoms. The Morgan fingerprint density at radius 3 is 2.47 bits per heavy atom. The van der Waals surface area contributed by atoms with Crippen LogP contribution in [0.3, 0.4) is 0 Å². The minimum Gasteiger partial charge on any atom is -0.493 e. The van der Waals surface area contributed by atoms with Crippen LogP contribution in [0.25, 0.3) is 0 Å². The third-order valence-electron chi connectivity index (χ3n) is 4.99. The molecule has 0 saturated carbocycles. The summed E-state index contributed by atoms with van der Waals surface area (Å²) in [6, 6.07) is 9.87. The molecular weight excluding hydrogens is 390 g/mol. The maximum Gasteiger partial charge on any atom is 0.294 e. The lowest BCUT2D eigenvalue weighted by Crippen LogP contribution is -2.30. The van der Waals surface area contributed by atoms with E-state index in [2.05, 4.69) is 5.32 Å². The fourth-order valence-corrected chi connectivity index (χ4v) is 3.39. The number of nitrogens with zero attached hydrogens (tertiary/aromatic N) is 2. The van der Waals surface area contributed by atoms with Gasteiger partial charge in [-0.2, -0.15) is 0 Å². The van der Waals surface area contributed by atoms with Crippen molar-refractivity contribution in [3.05, 3.63) is 52.1 Å². The predicted molar refractivity (Wildman–Crippen MR) is 111 cm³/mol. The minimum atomic E-state index is -0.531. The molecule has 1 heterocycles. The van der Waals surface area contributed by atoms with Gasteiger partial charge in [-0.3, -0.25) is 24.6 Å². The van der Waals surface area contributed by atoms with Crippen molar-refractivity contribution in [3.8, 4) is 11.5 Å². The molecule has 3 rings (SSSR count). The third-order valence-corrected chi connectivity index (χ3v) is 4.99. The number of nitro benzene ring substituents is 1. The zero-order valence-corrected chi connectivity index (χ0v) is 17.0. The van der Waals surface area contributed by atoms with E-state index in [1.165, 1.54) is 12.1 Å². The molecule has 0 spiro atoms. The summed E-state index contributed by atoms with van der Waals surface area (Å²) < 4.78 is 10.5. The number of ether oxygens (including phenoxy) is 2. The lowest BCUT2D eigenvalue weighted by Gasteiger charge is -2.16. The standard InChI is InChI=1S/C21H23N3O6/c1-13-10-20(25)23(21(13)26)15-5-6-16(17(12-15)24(27)28)22-9-8-14-4-7-18(29-2)19(11-14)30-3/h4-7,11-13,22H,8-10H2,1-3H3/t13-/m1/s1. The summed E-state index contributed by atoms with van der Waals surface area (Å²) in [7, 11) is 3.12. The lowest BCUT2D eigenvalue weighted by atomic mass is 10.1. The molecule has 0 aromatic heterocycles. The molecule has 0 bridgehead atoms. The fourth-order valence-electron chi connectivity index (χ4n) is 3.39. The SMILES string of the molecule is COc1ccc(CCNc2ccc(N3C(=O)C[C@@H](C)C3=O)cc2[N+](=O)[O-])cc1OC. The lowest BCUT2D eigenvalue weighted by molar-refractivity contribution is -0.383. The van der Waals surface area contributed by atoms with Crippen LogP contribution in [-0.4, -0.2) is 37.5 Å². The number of carbonyl (C=O) groups excluding carboxylic acids is 2. The Hall–Kier alpha value is -3.62. The number of imide groups is 1. The smallest absolute Gasteiger partial charge is 0.294 e. The normalized spacial score (nSPS) is 16.0. The van der Waals surface area contributed by atoms with E-state index in [0.29, 0.717) is 30.2 Å². The van der Waals surface area contributed by atoms with Crippen molar-refractivity contribution in [2.45, 2.75) is 19.8 Å². The van der Waals surface area contributed by atoms with Crippen LogP contribution in [0.15, 0.2) is 36.4 Å². The van der Waals surface area contributed by atoms with E-state index in [0.717, 1.165) is 10.5 Å². The van der Waals surface area contributed by atoms with Gasteiger partial charge in [0.2, 0.25) is 11.8 Å². The molecular formula is C21H23N3O6. The van der Waals surface area contributed by atoms with Gasteiger partial charge >= 0.3 is 0 Å². The van der Waals surface area contributed by atoms with Gasteiger partial charge in [0.05, 0.1) is 24.8 Å². The molecule has 1 aliphatic rings. The van der Waals surface area contributed by atoms with Gasteiger partial charge < -0.3 is 14.8 Å². The Morgan fingerprint density at radius 1 is 1.13 bits per heavy atom. The Balaban J connectivity index is 1.74. The molecule has 0 aliphatic carbocycles. The molecule has 0 radical (unpaired) electrons. The molecule has 30 heavy (non-hydrogen) atoms. The van der Waals surface area contributed by atoms with Crippen LogP contribution in [0.5, 0.6) is 11.5 Å². The van der Waals surface area contributed by atoms with Gasteiger partial charge in [0.1, 0.15) is 5.69 Å². The predicted octanol–water partition coefficient (Wildman–Crippen LogP) is 3.17. The monoisotopic (exact) mass is 413 g/mol. The van der Waals surface area contributed by atoms with E-state index < -0.39 is 10.8 Å². The number of hydrogen-bond donors (Lipinski definition) is 1. The third kappa shape index (κ3) is 4.19. The number of nitrogens with one attached hydrogen (secondary N) is 1. The van der Waals surface area contributed by atoms with Gasteiger partial charge in [-0.05, 0) is 36.2 Å². The zero-order valence-electron chi connectivity index (χ0n) is 17.0. The Kier molecular flexibility index (Phi) is 6.20. The first-order valence-electron chi connectivity index (χ1n) is 9.45. The molecule has 1 N–H and O–H groups in total. The zero-order chi connectivity index (χ0) is 21.8. The van der Waals surface area contributed by atoms with Crippen LogP contribution in [0.1, 0.15) is 18.9 Å². The van der Waals surface area contributed by atoms with Gasteiger partial charge in [-0.15, -0.1) is 0 Å². The molecule has 1 atom stereocenters. The summed E-state index contributed by atoms with van der Waals surface area (Å²) in [5.41, 5.74) is 1.31. The molecule has 2 amide bonds. The van der Waals surface area contributed by atoms with E-state index in [9.17, 15) is 19.7 Å². The first-order valence-corrected chi connectivity index (χ1v) is 9.45. The van der Waals surface area contributed by atoms with Crippen molar-refractivity contribution < 1.29 is 24.0 Å². The molecule has 1 fully saturated rings. The first kappa shape index (κ1) is 21.1. The average molecular weight is 413 g/mol. The number of nitro groups is 1. The van der Waals surface area contributed by atoms with Crippen LogP contribution in [0, 0.1) is 16.0 Å². The van der Waals surface area contributed by atoms with Crippen LogP contribution >= 0.6 is 0 Å². The van der Waals surface area contributed by atoms with Crippen LogP contribution in [0.4, 0.5) is 17.1 Å². The van der Waals surface area contributed by atoms with Gasteiger partial charge in [0.15, 0.2) is 11.5 Å². The van der Waals surface area contributed by atoms with Crippen molar-refractivity contribution in [1.82, 2.24) is 0 Å². The van der Waals surface area contributed by atoms with Crippen LogP contribution in [0.2, 0.25) is 0 Å². The van der Waals surface area contributed by atoms with E-state index in [1.807, 2.05) is 12.1 Å². The summed E-state index contributed by atoms with van der Waals surface area (Å²) in [5, 5.41) is 14.6. The number of anilines is 2. The number of hydrogen-bond acceptors (Lipinski definition) is 7. The number of amides is 2. The molecule has 1 aliphatic heterocycles. The van der Waals surface area contributed by atoms with Crippen molar-refractivity contribution >= 4 is 28.9 Å². The van der Waals surface area contributed by atoms with Gasteiger partial charge in [0.25, 0.3) is 5.69 Å². The van der Waals surface area contributed by atoms with Gasteiger partial charge in [0, 0.05) is 24.9 Å². The molecule has 9 nitrogen and oxygen atoms in total. The highest BCUT2D eigenvalue weighted by Crippen LogP contribution is 2.33. The van der Waals surface area contributed by atoms with E-state index in [1.54, 1.807) is 33.3 Å².